The molecule has 4 nitrogen and oxygen atoms in total. The van der Waals surface area contributed by atoms with Crippen molar-refractivity contribution in [2.75, 3.05) is 0 Å². The van der Waals surface area contributed by atoms with Crippen molar-refractivity contribution in [3.63, 3.8) is 0 Å². The van der Waals surface area contributed by atoms with Crippen LogP contribution in [0.5, 0.6) is 5.75 Å². The number of aliphatic hydroxyl groups is 1. The van der Waals surface area contributed by atoms with Crippen molar-refractivity contribution in [2.24, 2.45) is 0 Å². The van der Waals surface area contributed by atoms with Gasteiger partial charge in [0.15, 0.2) is 0 Å². The molecule has 2 rings (SSSR count). The van der Waals surface area contributed by atoms with Crippen molar-refractivity contribution in [3.8, 4) is 5.75 Å². The third-order valence-electron chi connectivity index (χ3n) is 3.45. The summed E-state index contributed by atoms with van der Waals surface area (Å²) in [7, 11) is 0. The molecular formula is C13H13F3O4. The Morgan fingerprint density at radius 2 is 1.80 bits per heavy atom. The smallest absolute Gasteiger partial charge is 0.481 e. The van der Waals surface area contributed by atoms with Crippen LogP contribution in [0.3, 0.4) is 0 Å². The molecule has 0 bridgehead atoms. The molecule has 0 aliphatic heterocycles. The van der Waals surface area contributed by atoms with Crippen LogP contribution in [-0.2, 0) is 4.79 Å². The third kappa shape index (κ3) is 3.04. The normalized spacial score (nSPS) is 19.0. The van der Waals surface area contributed by atoms with Gasteiger partial charge in [-0.2, -0.15) is 0 Å². The second-order valence-electron chi connectivity index (χ2n) is 4.85. The van der Waals surface area contributed by atoms with E-state index in [2.05, 4.69) is 4.74 Å². The van der Waals surface area contributed by atoms with E-state index >= 15 is 0 Å². The highest BCUT2D eigenvalue weighted by molar-refractivity contribution is 5.78. The fraction of sp³-hybridized carbons (Fsp3) is 0.462. The Morgan fingerprint density at radius 3 is 2.15 bits per heavy atom. The maximum absolute atomic E-state index is 12.0. The molecule has 0 saturated heterocycles. The van der Waals surface area contributed by atoms with Gasteiger partial charge in [0.25, 0.3) is 0 Å². The summed E-state index contributed by atoms with van der Waals surface area (Å²) in [5.74, 6) is -2.76. The van der Waals surface area contributed by atoms with Crippen molar-refractivity contribution in [3.05, 3.63) is 29.8 Å². The predicted molar refractivity (Wildman–Crippen MR) is 62.3 cm³/mol. The van der Waals surface area contributed by atoms with Gasteiger partial charge in [-0.3, -0.25) is 4.79 Å². The standard InChI is InChI=1S/C13H13F3O4/c14-13(15,16)20-9-4-2-8(3-5-9)10(11(17)18)12(19)6-1-7-12/h2-5,10,19H,1,6-7H2,(H,17,18). The van der Waals surface area contributed by atoms with Crippen LogP contribution >= 0.6 is 0 Å². The molecule has 0 radical (unpaired) electrons. The SMILES string of the molecule is O=C(O)C(c1ccc(OC(F)(F)F)cc1)C1(O)CCC1. The lowest BCUT2D eigenvalue weighted by molar-refractivity contribution is -0.274. The summed E-state index contributed by atoms with van der Waals surface area (Å²) in [5, 5.41) is 19.4. The molecular weight excluding hydrogens is 277 g/mol. The zero-order valence-electron chi connectivity index (χ0n) is 10.4. The molecule has 1 aliphatic rings. The minimum Gasteiger partial charge on any atom is -0.481 e. The van der Waals surface area contributed by atoms with E-state index in [-0.39, 0.29) is 5.56 Å². The van der Waals surface area contributed by atoms with Crippen molar-refractivity contribution in [1.29, 1.82) is 0 Å². The lowest BCUT2D eigenvalue weighted by Crippen LogP contribution is -2.46. The van der Waals surface area contributed by atoms with E-state index in [1.807, 2.05) is 0 Å². The lowest BCUT2D eigenvalue weighted by atomic mass is 9.68. The maximum atomic E-state index is 12.0. The zero-order valence-corrected chi connectivity index (χ0v) is 10.4. The first-order valence-electron chi connectivity index (χ1n) is 6.02. The number of carboxylic acid groups (broad SMARTS) is 1. The highest BCUT2D eigenvalue weighted by Gasteiger charge is 2.47. The van der Waals surface area contributed by atoms with Gasteiger partial charge in [0.1, 0.15) is 11.7 Å². The molecule has 7 heteroatoms. The summed E-state index contributed by atoms with van der Waals surface area (Å²) < 4.78 is 39.8. The molecule has 1 saturated carbocycles. The average Bonchev–Trinajstić information content (AvgIpc) is 2.27. The molecule has 1 aromatic rings. The van der Waals surface area contributed by atoms with Gasteiger partial charge in [-0.05, 0) is 37.0 Å². The Kier molecular flexibility index (Phi) is 3.64. The van der Waals surface area contributed by atoms with E-state index in [1.54, 1.807) is 0 Å². The fourth-order valence-corrected chi connectivity index (χ4v) is 2.37. The Balaban J connectivity index is 2.21. The van der Waals surface area contributed by atoms with Crippen LogP contribution in [0.25, 0.3) is 0 Å². The van der Waals surface area contributed by atoms with Gasteiger partial charge in [-0.15, -0.1) is 13.2 Å². The van der Waals surface area contributed by atoms with Crippen molar-refractivity contribution in [2.45, 2.75) is 37.1 Å². The first-order chi connectivity index (χ1) is 9.21. The van der Waals surface area contributed by atoms with Crippen LogP contribution in [0.1, 0.15) is 30.7 Å². The largest absolute Gasteiger partial charge is 0.573 e. The minimum absolute atomic E-state index is 0.259. The number of hydrogen-bond acceptors (Lipinski definition) is 3. The number of carbonyl (C=O) groups is 1. The second-order valence-corrected chi connectivity index (χ2v) is 4.85. The van der Waals surface area contributed by atoms with Gasteiger partial charge in [0, 0.05) is 0 Å². The number of carboxylic acids is 1. The van der Waals surface area contributed by atoms with Gasteiger partial charge < -0.3 is 14.9 Å². The molecule has 110 valence electrons. The fourth-order valence-electron chi connectivity index (χ4n) is 2.37. The van der Waals surface area contributed by atoms with E-state index in [0.29, 0.717) is 12.8 Å². The average molecular weight is 290 g/mol. The van der Waals surface area contributed by atoms with Crippen LogP contribution in [0.2, 0.25) is 0 Å². The highest BCUT2D eigenvalue weighted by Crippen LogP contribution is 2.44. The molecule has 1 unspecified atom stereocenters. The number of halogens is 3. The zero-order chi connectivity index (χ0) is 15.0. The summed E-state index contributed by atoms with van der Waals surface area (Å²) in [4.78, 5) is 11.3. The monoisotopic (exact) mass is 290 g/mol. The number of hydrogen-bond donors (Lipinski definition) is 2. The van der Waals surface area contributed by atoms with E-state index < -0.39 is 29.6 Å². The van der Waals surface area contributed by atoms with E-state index in [4.69, 9.17) is 0 Å². The van der Waals surface area contributed by atoms with Crippen LogP contribution < -0.4 is 4.74 Å². The first kappa shape index (κ1) is 14.6. The first-order valence-corrected chi connectivity index (χ1v) is 6.02. The predicted octanol–water partition coefficient (Wildman–Crippen LogP) is 2.67. The Morgan fingerprint density at radius 1 is 1.25 bits per heavy atom. The number of ether oxygens (including phenoxy) is 1. The van der Waals surface area contributed by atoms with Gasteiger partial charge in [-0.25, -0.2) is 0 Å². The number of alkyl halides is 3. The summed E-state index contributed by atoms with van der Waals surface area (Å²) in [6.07, 6.45) is -3.33. The molecule has 20 heavy (non-hydrogen) atoms. The van der Waals surface area contributed by atoms with E-state index in [9.17, 15) is 28.2 Å². The van der Waals surface area contributed by atoms with E-state index in [0.717, 1.165) is 18.6 Å². The number of rotatable bonds is 4. The van der Waals surface area contributed by atoms with Gasteiger partial charge >= 0.3 is 12.3 Å². The van der Waals surface area contributed by atoms with Crippen LogP contribution in [0.4, 0.5) is 13.2 Å². The van der Waals surface area contributed by atoms with Crippen LogP contribution in [-0.4, -0.2) is 28.1 Å². The quantitative estimate of drug-likeness (QED) is 0.894. The van der Waals surface area contributed by atoms with Gasteiger partial charge in [0.2, 0.25) is 0 Å². The van der Waals surface area contributed by atoms with Gasteiger partial charge in [-0.1, -0.05) is 12.1 Å². The number of benzene rings is 1. The molecule has 1 aromatic carbocycles. The molecule has 2 N–H and O–H groups in total. The van der Waals surface area contributed by atoms with Crippen molar-refractivity contribution >= 4 is 5.97 Å². The Bertz CT molecular complexity index is 491. The molecule has 1 atom stereocenters. The molecule has 0 spiro atoms. The van der Waals surface area contributed by atoms with Crippen LogP contribution in [0.15, 0.2) is 24.3 Å². The third-order valence-corrected chi connectivity index (χ3v) is 3.45. The summed E-state index contributed by atoms with van der Waals surface area (Å²) in [6.45, 7) is 0. The maximum Gasteiger partial charge on any atom is 0.573 e. The summed E-state index contributed by atoms with van der Waals surface area (Å²) in [6, 6.07) is 4.55. The van der Waals surface area contributed by atoms with E-state index in [1.165, 1.54) is 12.1 Å². The number of aliphatic carboxylic acids is 1. The molecule has 0 heterocycles. The second kappa shape index (κ2) is 4.97. The van der Waals surface area contributed by atoms with Gasteiger partial charge in [0.05, 0.1) is 5.60 Å². The summed E-state index contributed by atoms with van der Waals surface area (Å²) >= 11 is 0. The minimum atomic E-state index is -4.79. The van der Waals surface area contributed by atoms with Crippen molar-refractivity contribution < 1.29 is 32.9 Å². The Labute approximate surface area is 112 Å². The summed E-state index contributed by atoms with van der Waals surface area (Å²) in [5.41, 5.74) is -1.06. The molecule has 0 amide bonds. The molecule has 1 aliphatic carbocycles. The topological polar surface area (TPSA) is 66.8 Å². The molecule has 0 aromatic heterocycles. The Hall–Kier alpha value is -1.76. The van der Waals surface area contributed by atoms with Crippen molar-refractivity contribution in [1.82, 2.24) is 0 Å². The highest BCUT2D eigenvalue weighted by atomic mass is 19.4. The molecule has 1 fully saturated rings. The van der Waals surface area contributed by atoms with Crippen LogP contribution in [0, 0.1) is 0 Å². The lowest BCUT2D eigenvalue weighted by Gasteiger charge is -2.41.